The molecule has 0 aliphatic heterocycles. The Morgan fingerprint density at radius 3 is 2.53 bits per heavy atom. The van der Waals surface area contributed by atoms with E-state index in [4.69, 9.17) is 4.74 Å². The largest absolute Gasteiger partial charge is 0.444 e. The molecule has 4 saturated carbocycles. The number of anilines is 2. The van der Waals surface area contributed by atoms with Gasteiger partial charge in [0.2, 0.25) is 5.95 Å². The number of carbonyl (C=O) groups is 1. The quantitative estimate of drug-likeness (QED) is 0.399. The Bertz CT molecular complexity index is 1200. The van der Waals surface area contributed by atoms with Crippen molar-refractivity contribution in [3.8, 4) is 6.07 Å². The lowest BCUT2D eigenvalue weighted by Gasteiger charge is -2.60. The Kier molecular flexibility index (Phi) is 7.19. The predicted octanol–water partition coefficient (Wildman–Crippen LogP) is 4.58. The first-order valence-corrected chi connectivity index (χ1v) is 13.6. The van der Waals surface area contributed by atoms with Gasteiger partial charge >= 0.3 is 6.09 Å². The van der Waals surface area contributed by atoms with E-state index in [2.05, 4.69) is 32.0 Å². The second kappa shape index (κ2) is 10.4. The molecule has 4 aliphatic carbocycles. The van der Waals surface area contributed by atoms with Gasteiger partial charge in [-0.25, -0.2) is 9.78 Å². The third-order valence-corrected chi connectivity index (χ3v) is 8.35. The van der Waals surface area contributed by atoms with E-state index >= 15 is 0 Å². The monoisotopic (exact) mass is 518 g/mol. The second-order valence-electron chi connectivity index (χ2n) is 12.3. The van der Waals surface area contributed by atoms with Crippen LogP contribution in [0.25, 0.3) is 0 Å². The van der Waals surface area contributed by atoms with Crippen LogP contribution in [0.2, 0.25) is 0 Å². The summed E-state index contributed by atoms with van der Waals surface area (Å²) in [4.78, 5) is 21.5. The van der Waals surface area contributed by atoms with E-state index in [0.717, 1.165) is 43.4 Å². The lowest BCUT2D eigenvalue weighted by Crippen LogP contribution is -2.60. The van der Waals surface area contributed by atoms with E-state index in [0.29, 0.717) is 41.6 Å². The van der Waals surface area contributed by atoms with Gasteiger partial charge in [0.05, 0.1) is 12.8 Å². The molecule has 4 aliphatic rings. The maximum atomic E-state index is 12.5. The number of amides is 1. The average molecular weight is 519 g/mol. The minimum absolute atomic E-state index is 0.0297. The number of carbonyl (C=O) groups excluding carboxylic acids is 1. The van der Waals surface area contributed by atoms with E-state index in [-0.39, 0.29) is 24.2 Å². The van der Waals surface area contributed by atoms with Crippen molar-refractivity contribution in [3.63, 3.8) is 0 Å². The van der Waals surface area contributed by atoms with Crippen LogP contribution in [0.15, 0.2) is 30.5 Å². The molecule has 202 valence electrons. The van der Waals surface area contributed by atoms with Crippen molar-refractivity contribution in [1.82, 2.24) is 15.3 Å². The highest BCUT2D eigenvalue weighted by molar-refractivity contribution is 5.68. The van der Waals surface area contributed by atoms with Crippen molar-refractivity contribution < 1.29 is 14.6 Å². The number of rotatable bonds is 8. The van der Waals surface area contributed by atoms with Crippen molar-refractivity contribution in [1.29, 1.82) is 5.26 Å². The fourth-order valence-corrected chi connectivity index (χ4v) is 7.10. The van der Waals surface area contributed by atoms with Gasteiger partial charge in [-0.3, -0.25) is 0 Å². The Balaban J connectivity index is 1.24. The molecule has 0 saturated heterocycles. The van der Waals surface area contributed by atoms with E-state index in [9.17, 15) is 15.2 Å². The van der Waals surface area contributed by atoms with Gasteiger partial charge in [0.15, 0.2) is 0 Å². The summed E-state index contributed by atoms with van der Waals surface area (Å²) in [6.07, 6.45) is 6.80. The van der Waals surface area contributed by atoms with Gasteiger partial charge in [-0.15, -0.1) is 0 Å². The number of aliphatic hydroxyl groups is 1. The van der Waals surface area contributed by atoms with Gasteiger partial charge in [0, 0.05) is 19.1 Å². The van der Waals surface area contributed by atoms with Crippen molar-refractivity contribution in [2.24, 2.45) is 23.2 Å². The number of aromatic nitrogens is 2. The van der Waals surface area contributed by atoms with Crippen molar-refractivity contribution in [3.05, 3.63) is 47.2 Å². The van der Waals surface area contributed by atoms with Crippen molar-refractivity contribution >= 4 is 17.9 Å². The molecule has 0 spiro atoms. The molecule has 1 amide bonds. The summed E-state index contributed by atoms with van der Waals surface area (Å²) in [5.41, 5.74) is 1.87. The standard InChI is InChI=1S/C29H38N6O3/c1-28(2,3)38-27(37)34-24-21-8-18-9-22(24)12-29(10-18,11-21)17-33-25-23(13-30)15-32-26(35-25)31-14-19-6-4-5-7-20(19)16-36/h4-7,15,18,21-22,24,36H,8-12,14,16-17H2,1-3H3,(H,34,37)(H2,31,32,33,35)/t18?,21-,22+,24-,29-. The number of nitrogens with one attached hydrogen (secondary N) is 3. The highest BCUT2D eigenvalue weighted by Crippen LogP contribution is 2.60. The molecule has 1 aromatic carbocycles. The van der Waals surface area contributed by atoms with Gasteiger partial charge < -0.3 is 25.8 Å². The molecule has 4 bridgehead atoms. The normalized spacial score (nSPS) is 27.4. The summed E-state index contributed by atoms with van der Waals surface area (Å²) in [7, 11) is 0. The molecule has 1 heterocycles. The molecule has 4 fully saturated rings. The first-order valence-electron chi connectivity index (χ1n) is 13.6. The summed E-state index contributed by atoms with van der Waals surface area (Å²) >= 11 is 0. The molecule has 9 heteroatoms. The second-order valence-corrected chi connectivity index (χ2v) is 12.3. The molecule has 6 rings (SSSR count). The number of nitrogens with zero attached hydrogens (tertiary/aromatic N) is 3. The van der Waals surface area contributed by atoms with Gasteiger partial charge in [-0.1, -0.05) is 24.3 Å². The lowest BCUT2D eigenvalue weighted by molar-refractivity contribution is -0.0703. The maximum absolute atomic E-state index is 12.5. The van der Waals surface area contributed by atoms with E-state index in [1.165, 1.54) is 6.42 Å². The maximum Gasteiger partial charge on any atom is 0.407 e. The SMILES string of the molecule is CC(C)(C)OC(=O)N[C@@H]1[C@@H]2CC3C[C@H]1C[C@@](CNc1nc(NCc4ccccc4CO)ncc1C#N)(C3)C2. The fraction of sp³-hybridized carbons (Fsp3) is 0.586. The van der Waals surface area contributed by atoms with Crippen LogP contribution in [0.5, 0.6) is 0 Å². The van der Waals surface area contributed by atoms with Crippen molar-refractivity contribution in [2.75, 3.05) is 17.2 Å². The zero-order valence-electron chi connectivity index (χ0n) is 22.5. The average Bonchev–Trinajstić information content (AvgIpc) is 2.87. The number of nitriles is 1. The first-order chi connectivity index (χ1) is 18.2. The Morgan fingerprint density at radius 1 is 1.16 bits per heavy atom. The van der Waals surface area contributed by atoms with Crippen LogP contribution in [0, 0.1) is 34.5 Å². The molecule has 1 aromatic heterocycles. The topological polar surface area (TPSA) is 132 Å². The number of alkyl carbamates (subject to hydrolysis) is 1. The van der Waals surface area contributed by atoms with Crippen LogP contribution in [0.4, 0.5) is 16.6 Å². The zero-order valence-corrected chi connectivity index (χ0v) is 22.5. The Hall–Kier alpha value is -3.38. The van der Waals surface area contributed by atoms with Crippen LogP contribution >= 0.6 is 0 Å². The summed E-state index contributed by atoms with van der Waals surface area (Å²) in [5.74, 6) is 2.54. The van der Waals surface area contributed by atoms with E-state index in [1.54, 1.807) is 6.20 Å². The fourth-order valence-electron chi connectivity index (χ4n) is 7.10. The van der Waals surface area contributed by atoms with Gasteiger partial charge in [0.25, 0.3) is 0 Å². The van der Waals surface area contributed by atoms with E-state index in [1.807, 2.05) is 45.0 Å². The minimum atomic E-state index is -0.507. The summed E-state index contributed by atoms with van der Waals surface area (Å²) < 4.78 is 5.55. The molecule has 9 nitrogen and oxygen atoms in total. The number of ether oxygens (including phenoxy) is 1. The number of hydrogen-bond acceptors (Lipinski definition) is 8. The minimum Gasteiger partial charge on any atom is -0.444 e. The molecular weight excluding hydrogens is 480 g/mol. The molecule has 2 aromatic rings. The number of hydrogen-bond donors (Lipinski definition) is 4. The Labute approximate surface area is 224 Å². The predicted molar refractivity (Wildman–Crippen MR) is 144 cm³/mol. The van der Waals surface area contributed by atoms with Crippen LogP contribution in [0.3, 0.4) is 0 Å². The molecule has 0 radical (unpaired) electrons. The molecule has 4 N–H and O–H groups in total. The van der Waals surface area contributed by atoms with Gasteiger partial charge in [-0.2, -0.15) is 10.2 Å². The third-order valence-electron chi connectivity index (χ3n) is 8.35. The Morgan fingerprint density at radius 2 is 1.87 bits per heavy atom. The van der Waals surface area contributed by atoms with E-state index < -0.39 is 5.60 Å². The summed E-state index contributed by atoms with van der Waals surface area (Å²) in [5, 5.41) is 29.2. The van der Waals surface area contributed by atoms with Crippen LogP contribution in [-0.4, -0.2) is 39.4 Å². The first kappa shape index (κ1) is 26.2. The number of aliphatic hydroxyl groups excluding tert-OH is 1. The van der Waals surface area contributed by atoms with Gasteiger partial charge in [0.1, 0.15) is 23.1 Å². The third kappa shape index (κ3) is 5.70. The molecule has 38 heavy (non-hydrogen) atoms. The molecular formula is C29H38N6O3. The van der Waals surface area contributed by atoms with Crippen LogP contribution in [0.1, 0.15) is 69.6 Å². The molecule has 1 unspecified atom stereocenters. The van der Waals surface area contributed by atoms with Crippen LogP contribution < -0.4 is 16.0 Å². The van der Waals surface area contributed by atoms with Gasteiger partial charge in [-0.05, 0) is 87.2 Å². The molecule has 5 atom stereocenters. The summed E-state index contributed by atoms with van der Waals surface area (Å²) in [6, 6.07) is 10.1. The summed E-state index contributed by atoms with van der Waals surface area (Å²) in [6.45, 7) is 6.86. The van der Waals surface area contributed by atoms with Crippen molar-refractivity contribution in [2.45, 2.75) is 77.7 Å². The smallest absolute Gasteiger partial charge is 0.407 e. The highest BCUT2D eigenvalue weighted by atomic mass is 16.6. The van der Waals surface area contributed by atoms with Crippen LogP contribution in [-0.2, 0) is 17.9 Å². The lowest BCUT2D eigenvalue weighted by atomic mass is 9.48. The zero-order chi connectivity index (χ0) is 26.9. The highest BCUT2D eigenvalue weighted by Gasteiger charge is 2.55. The number of benzene rings is 1.